The summed E-state index contributed by atoms with van der Waals surface area (Å²) in [6.45, 7) is 3.21. The Morgan fingerprint density at radius 1 is 1.00 bits per heavy atom. The number of hydrogen-bond donors (Lipinski definition) is 0. The average Bonchev–Trinajstić information content (AvgIpc) is 2.59. The highest BCUT2D eigenvalue weighted by Crippen LogP contribution is 2.39. The Labute approximate surface area is 147 Å². The number of hydrogen-bond acceptors (Lipinski definition) is 1. The van der Waals surface area contributed by atoms with Crippen LogP contribution in [0.5, 0.6) is 0 Å². The highest BCUT2D eigenvalue weighted by molar-refractivity contribution is 6.14. The fourth-order valence-electron chi connectivity index (χ4n) is 4.19. The highest BCUT2D eigenvalue weighted by atomic mass is 28.1. The first-order valence-corrected chi connectivity index (χ1v) is 9.46. The predicted octanol–water partition coefficient (Wildman–Crippen LogP) is 5.55. The van der Waals surface area contributed by atoms with Crippen molar-refractivity contribution in [3.05, 3.63) is 60.2 Å². The molecule has 3 radical (unpaired) electrons. The van der Waals surface area contributed by atoms with Crippen LogP contribution in [0.1, 0.15) is 44.1 Å². The molecule has 1 heterocycles. The predicted molar refractivity (Wildman–Crippen MR) is 103 cm³/mol. The van der Waals surface area contributed by atoms with Crippen molar-refractivity contribution in [2.45, 2.75) is 43.7 Å². The van der Waals surface area contributed by atoms with Crippen molar-refractivity contribution in [1.82, 2.24) is 0 Å². The summed E-state index contributed by atoms with van der Waals surface area (Å²) in [7, 11) is 3.96. The van der Waals surface area contributed by atoms with Gasteiger partial charge in [-0.2, -0.15) is 0 Å². The quantitative estimate of drug-likeness (QED) is 0.451. The second-order valence-electron chi connectivity index (χ2n) is 7.14. The molecule has 24 heavy (non-hydrogen) atoms. The first-order valence-electron chi connectivity index (χ1n) is 8.96. The molecule has 0 N–H and O–H groups in total. The lowest BCUT2D eigenvalue weighted by molar-refractivity contribution is -0.0257. The molecule has 3 aromatic rings. The van der Waals surface area contributed by atoms with Crippen LogP contribution >= 0.6 is 0 Å². The molecule has 2 unspecified atom stereocenters. The van der Waals surface area contributed by atoms with Crippen molar-refractivity contribution in [1.29, 1.82) is 0 Å². The van der Waals surface area contributed by atoms with Crippen LogP contribution < -0.4 is 0 Å². The minimum Gasteiger partial charge on any atom is -0.379 e. The normalized spacial score (nSPS) is 22.8. The SMILES string of the molecule is CC(CC1([Si])CCCCO1)c1c2ccccc2cc2ccccc12. The molecule has 3 aromatic carbocycles. The van der Waals surface area contributed by atoms with E-state index < -0.39 is 0 Å². The second-order valence-corrected chi connectivity index (χ2v) is 8.05. The number of fused-ring (bicyclic) bond motifs is 2. The molecule has 0 aliphatic carbocycles. The van der Waals surface area contributed by atoms with Gasteiger partial charge in [-0.15, -0.1) is 0 Å². The maximum atomic E-state index is 6.10. The van der Waals surface area contributed by atoms with Gasteiger partial charge in [-0.1, -0.05) is 55.5 Å². The summed E-state index contributed by atoms with van der Waals surface area (Å²) in [5.41, 5.74) is 1.45. The molecule has 1 aliphatic heterocycles. The fraction of sp³-hybridized carbons (Fsp3) is 0.364. The fourth-order valence-corrected chi connectivity index (χ4v) is 4.77. The van der Waals surface area contributed by atoms with E-state index in [4.69, 9.17) is 4.74 Å². The summed E-state index contributed by atoms with van der Waals surface area (Å²) < 4.78 is 6.10. The lowest BCUT2D eigenvalue weighted by atomic mass is 9.85. The Balaban J connectivity index is 1.83. The van der Waals surface area contributed by atoms with Gasteiger partial charge in [0.05, 0.1) is 15.5 Å². The molecule has 1 aliphatic rings. The number of rotatable bonds is 3. The van der Waals surface area contributed by atoms with Gasteiger partial charge in [-0.3, -0.25) is 0 Å². The van der Waals surface area contributed by atoms with E-state index in [9.17, 15) is 0 Å². The molecule has 0 bridgehead atoms. The zero-order chi connectivity index (χ0) is 16.6. The Kier molecular flexibility index (Phi) is 4.19. The summed E-state index contributed by atoms with van der Waals surface area (Å²) >= 11 is 0. The van der Waals surface area contributed by atoms with E-state index in [2.05, 4.69) is 71.8 Å². The van der Waals surface area contributed by atoms with E-state index in [-0.39, 0.29) is 5.22 Å². The maximum Gasteiger partial charge on any atom is 0.0705 e. The monoisotopic (exact) mass is 331 g/mol. The molecule has 4 rings (SSSR count). The smallest absolute Gasteiger partial charge is 0.0705 e. The second kappa shape index (κ2) is 6.34. The zero-order valence-corrected chi connectivity index (χ0v) is 15.2. The van der Waals surface area contributed by atoms with Gasteiger partial charge in [-0.25, -0.2) is 0 Å². The van der Waals surface area contributed by atoms with E-state index >= 15 is 0 Å². The lowest BCUT2D eigenvalue weighted by Gasteiger charge is -2.36. The third kappa shape index (κ3) is 2.89. The Morgan fingerprint density at radius 3 is 2.21 bits per heavy atom. The largest absolute Gasteiger partial charge is 0.379 e. The molecule has 1 saturated heterocycles. The van der Waals surface area contributed by atoms with Gasteiger partial charge in [0, 0.05) is 6.61 Å². The average molecular weight is 332 g/mol. The van der Waals surface area contributed by atoms with Crippen LogP contribution in [0.2, 0.25) is 0 Å². The summed E-state index contributed by atoms with van der Waals surface area (Å²) in [4.78, 5) is 0. The molecule has 0 amide bonds. The molecule has 2 heteroatoms. The minimum absolute atomic E-state index is 0.171. The van der Waals surface area contributed by atoms with Crippen molar-refractivity contribution in [2.75, 3.05) is 6.61 Å². The lowest BCUT2D eigenvalue weighted by Crippen LogP contribution is -2.38. The van der Waals surface area contributed by atoms with E-state index in [1.807, 2.05) is 0 Å². The van der Waals surface area contributed by atoms with Crippen LogP contribution in [0.3, 0.4) is 0 Å². The van der Waals surface area contributed by atoms with Gasteiger partial charge in [0.1, 0.15) is 0 Å². The Morgan fingerprint density at radius 2 is 1.62 bits per heavy atom. The topological polar surface area (TPSA) is 9.23 Å². The van der Waals surface area contributed by atoms with E-state index in [1.54, 1.807) is 0 Å². The van der Waals surface area contributed by atoms with Crippen LogP contribution in [-0.4, -0.2) is 22.1 Å². The first-order chi connectivity index (χ1) is 11.7. The van der Waals surface area contributed by atoms with Gasteiger partial charge in [0.2, 0.25) is 0 Å². The van der Waals surface area contributed by atoms with Gasteiger partial charge in [-0.05, 0) is 64.8 Å². The van der Waals surface area contributed by atoms with Crippen LogP contribution in [0.25, 0.3) is 21.5 Å². The molecule has 2 atom stereocenters. The summed E-state index contributed by atoms with van der Waals surface area (Å²) in [6.07, 6.45) is 4.52. The van der Waals surface area contributed by atoms with Crippen molar-refractivity contribution in [3.8, 4) is 0 Å². The standard InChI is InChI=1S/C22H23OSi/c1-16(15-22(24)12-6-7-13-23-22)21-19-10-4-2-8-17(19)14-18-9-3-5-11-20(18)21/h2-5,8-11,14,16H,6-7,12-13,15H2,1H3. The molecule has 1 fully saturated rings. The van der Waals surface area contributed by atoms with Crippen molar-refractivity contribution in [3.63, 3.8) is 0 Å². The maximum absolute atomic E-state index is 6.10. The third-order valence-electron chi connectivity index (χ3n) is 5.29. The number of ether oxygens (including phenoxy) is 1. The van der Waals surface area contributed by atoms with Crippen LogP contribution in [0.15, 0.2) is 54.6 Å². The van der Waals surface area contributed by atoms with E-state index in [0.717, 1.165) is 19.4 Å². The van der Waals surface area contributed by atoms with E-state index in [0.29, 0.717) is 5.92 Å². The van der Waals surface area contributed by atoms with Crippen molar-refractivity contribution < 1.29 is 4.74 Å². The molecular formula is C22H23OSi. The summed E-state index contributed by atoms with van der Waals surface area (Å²) in [5.74, 6) is 0.427. The third-order valence-corrected chi connectivity index (χ3v) is 5.89. The van der Waals surface area contributed by atoms with Crippen molar-refractivity contribution >= 4 is 31.8 Å². The highest BCUT2D eigenvalue weighted by Gasteiger charge is 2.31. The Hall–Kier alpha value is -1.64. The molecule has 0 aromatic heterocycles. The Bertz CT molecular complexity index is 810. The zero-order valence-electron chi connectivity index (χ0n) is 14.2. The van der Waals surface area contributed by atoms with Crippen LogP contribution in [-0.2, 0) is 4.74 Å². The minimum atomic E-state index is -0.171. The van der Waals surface area contributed by atoms with Crippen molar-refractivity contribution in [2.24, 2.45) is 0 Å². The van der Waals surface area contributed by atoms with Crippen LogP contribution in [0, 0.1) is 0 Å². The summed E-state index contributed by atoms with van der Waals surface area (Å²) in [5, 5.41) is 5.22. The molecule has 0 spiro atoms. The summed E-state index contributed by atoms with van der Waals surface area (Å²) in [6, 6.07) is 19.8. The molecular weight excluding hydrogens is 308 g/mol. The number of benzene rings is 3. The van der Waals surface area contributed by atoms with E-state index in [1.165, 1.54) is 39.9 Å². The van der Waals surface area contributed by atoms with Gasteiger partial charge in [0.25, 0.3) is 0 Å². The van der Waals surface area contributed by atoms with Gasteiger partial charge in [0.15, 0.2) is 0 Å². The van der Waals surface area contributed by atoms with Gasteiger partial charge >= 0.3 is 0 Å². The molecule has 121 valence electrons. The molecule has 0 saturated carbocycles. The molecule has 1 nitrogen and oxygen atoms in total. The van der Waals surface area contributed by atoms with Gasteiger partial charge < -0.3 is 4.74 Å². The van der Waals surface area contributed by atoms with Crippen LogP contribution in [0.4, 0.5) is 0 Å². The first kappa shape index (κ1) is 15.9.